The van der Waals surface area contributed by atoms with Crippen LogP contribution < -0.4 is 10.6 Å². The van der Waals surface area contributed by atoms with Crippen LogP contribution in [0.4, 0.5) is 19.3 Å². The fraction of sp³-hybridized carbons (Fsp3) is 0.400. The molecule has 25 heavy (non-hydrogen) atoms. The summed E-state index contributed by atoms with van der Waals surface area (Å²) >= 11 is 0. The van der Waals surface area contributed by atoms with Gasteiger partial charge in [0, 0.05) is 23.4 Å². The van der Waals surface area contributed by atoms with E-state index in [1.54, 1.807) is 0 Å². The molecule has 1 unspecified atom stereocenters. The van der Waals surface area contributed by atoms with Gasteiger partial charge in [-0.2, -0.15) is 0 Å². The second kappa shape index (κ2) is 7.27. The Labute approximate surface area is 149 Å². The Morgan fingerprint density at radius 2 is 1.92 bits per heavy atom. The van der Waals surface area contributed by atoms with Crippen molar-refractivity contribution in [3.05, 3.63) is 40.8 Å². The molecule has 0 bridgehead atoms. The van der Waals surface area contributed by atoms with Gasteiger partial charge < -0.3 is 10.5 Å². The minimum absolute atomic E-state index is 0. The number of allylic oxidation sites excluding steroid dienone is 1. The molecule has 2 N–H and O–H groups in total. The van der Waals surface area contributed by atoms with Crippen LogP contribution in [0.25, 0.3) is 0 Å². The van der Waals surface area contributed by atoms with Crippen molar-refractivity contribution in [3.63, 3.8) is 0 Å². The van der Waals surface area contributed by atoms with E-state index in [1.807, 2.05) is 0 Å². The van der Waals surface area contributed by atoms with Gasteiger partial charge in [-0.05, 0) is 18.6 Å². The van der Waals surface area contributed by atoms with Crippen LogP contribution in [-0.4, -0.2) is 39.5 Å². The summed E-state index contributed by atoms with van der Waals surface area (Å²) in [6.07, 6.45) is 0.164. The first-order valence-electron chi connectivity index (χ1n) is 7.39. The predicted molar refractivity (Wildman–Crippen MR) is 90.6 cm³/mol. The fourth-order valence-corrected chi connectivity index (χ4v) is 3.99. The normalized spacial score (nSPS) is 24.8. The molecule has 0 saturated carbocycles. The zero-order chi connectivity index (χ0) is 17.5. The van der Waals surface area contributed by atoms with E-state index in [-0.39, 0.29) is 48.9 Å². The summed E-state index contributed by atoms with van der Waals surface area (Å²) in [7, 11) is -3.29. The SMILES string of the molecule is Cl.NC[C@H]1CN(c2cc(F)c(C3C=CS(=O)(=O)CC3)c(F)c2)C(=O)O1. The number of hydrogen-bond acceptors (Lipinski definition) is 5. The third-order valence-electron chi connectivity index (χ3n) is 4.11. The van der Waals surface area contributed by atoms with E-state index >= 15 is 0 Å². The molecule has 138 valence electrons. The molecule has 0 aliphatic carbocycles. The quantitative estimate of drug-likeness (QED) is 0.847. The molecule has 1 amide bonds. The van der Waals surface area contributed by atoms with Gasteiger partial charge >= 0.3 is 6.09 Å². The molecule has 2 atom stereocenters. The number of benzene rings is 1. The van der Waals surface area contributed by atoms with Crippen LogP contribution in [0.3, 0.4) is 0 Å². The van der Waals surface area contributed by atoms with E-state index in [1.165, 1.54) is 6.08 Å². The summed E-state index contributed by atoms with van der Waals surface area (Å²) in [5, 5.41) is 0.984. The summed E-state index contributed by atoms with van der Waals surface area (Å²) in [4.78, 5) is 12.9. The first-order valence-corrected chi connectivity index (χ1v) is 9.10. The molecule has 1 aromatic carbocycles. The first-order chi connectivity index (χ1) is 11.3. The second-order valence-electron chi connectivity index (χ2n) is 5.77. The van der Waals surface area contributed by atoms with Crippen LogP contribution in [-0.2, 0) is 14.6 Å². The lowest BCUT2D eigenvalue weighted by molar-refractivity contribution is 0.145. The lowest BCUT2D eigenvalue weighted by Crippen LogP contribution is -2.27. The number of nitrogens with two attached hydrogens (primary N) is 1. The second-order valence-corrected chi connectivity index (χ2v) is 7.77. The van der Waals surface area contributed by atoms with Gasteiger partial charge in [-0.25, -0.2) is 22.0 Å². The summed E-state index contributed by atoms with van der Waals surface area (Å²) in [5.74, 6) is -2.48. The van der Waals surface area contributed by atoms with Gasteiger partial charge in [0.2, 0.25) is 0 Å². The van der Waals surface area contributed by atoms with E-state index < -0.39 is 39.6 Å². The monoisotopic (exact) mass is 394 g/mol. The number of hydrogen-bond donors (Lipinski definition) is 1. The highest BCUT2D eigenvalue weighted by Gasteiger charge is 2.33. The Hall–Kier alpha value is -1.71. The topological polar surface area (TPSA) is 89.7 Å². The molecule has 0 radical (unpaired) electrons. The Kier molecular flexibility index (Phi) is 5.70. The molecular formula is C15H17ClF2N2O4S. The average molecular weight is 395 g/mol. The van der Waals surface area contributed by atoms with Crippen molar-refractivity contribution in [1.29, 1.82) is 0 Å². The van der Waals surface area contributed by atoms with Gasteiger partial charge in [-0.3, -0.25) is 4.90 Å². The van der Waals surface area contributed by atoms with Crippen LogP contribution in [0.5, 0.6) is 0 Å². The van der Waals surface area contributed by atoms with E-state index in [2.05, 4.69) is 0 Å². The number of ether oxygens (including phenoxy) is 1. The van der Waals surface area contributed by atoms with Crippen molar-refractivity contribution in [2.24, 2.45) is 5.73 Å². The van der Waals surface area contributed by atoms with Crippen LogP contribution in [0, 0.1) is 11.6 Å². The first kappa shape index (κ1) is 19.6. The molecule has 0 spiro atoms. The number of carbonyl (C=O) groups excluding carboxylic acids is 1. The maximum Gasteiger partial charge on any atom is 0.414 e. The maximum absolute atomic E-state index is 14.4. The number of cyclic esters (lactones) is 1. The molecule has 2 aliphatic heterocycles. The lowest BCUT2D eigenvalue weighted by Gasteiger charge is -2.20. The van der Waals surface area contributed by atoms with Crippen LogP contribution in [0.1, 0.15) is 17.9 Å². The highest BCUT2D eigenvalue weighted by atomic mass is 35.5. The van der Waals surface area contributed by atoms with Crippen molar-refractivity contribution in [2.75, 3.05) is 23.7 Å². The third kappa shape index (κ3) is 3.94. The Morgan fingerprint density at radius 1 is 1.28 bits per heavy atom. The van der Waals surface area contributed by atoms with Gasteiger partial charge in [0.05, 0.1) is 18.0 Å². The maximum atomic E-state index is 14.4. The molecule has 2 heterocycles. The summed E-state index contributed by atoms with van der Waals surface area (Å²) in [5.41, 5.74) is 5.27. The van der Waals surface area contributed by atoms with Crippen LogP contribution in [0.15, 0.2) is 23.6 Å². The lowest BCUT2D eigenvalue weighted by atomic mass is 9.95. The third-order valence-corrected chi connectivity index (χ3v) is 5.49. The number of sulfone groups is 1. The summed E-state index contributed by atoms with van der Waals surface area (Å²) < 4.78 is 56.6. The number of rotatable bonds is 3. The molecule has 10 heteroatoms. The molecule has 1 saturated heterocycles. The minimum atomic E-state index is -3.29. The Balaban J connectivity index is 0.00000225. The van der Waals surface area contributed by atoms with Gasteiger partial charge in [-0.15, -0.1) is 12.4 Å². The van der Waals surface area contributed by atoms with Crippen LogP contribution >= 0.6 is 12.4 Å². The molecule has 6 nitrogen and oxygen atoms in total. The van der Waals surface area contributed by atoms with Crippen molar-refractivity contribution < 1.29 is 26.7 Å². The van der Waals surface area contributed by atoms with Crippen molar-refractivity contribution >= 4 is 34.0 Å². The molecule has 1 fully saturated rings. The summed E-state index contributed by atoms with van der Waals surface area (Å²) in [6.45, 7) is 0.238. The number of amides is 1. The van der Waals surface area contributed by atoms with Gasteiger partial charge in [0.15, 0.2) is 9.84 Å². The van der Waals surface area contributed by atoms with E-state index in [4.69, 9.17) is 10.5 Å². The Morgan fingerprint density at radius 3 is 2.40 bits per heavy atom. The smallest absolute Gasteiger partial charge is 0.414 e. The number of halogens is 3. The molecule has 2 aliphatic rings. The van der Waals surface area contributed by atoms with E-state index in [0.29, 0.717) is 0 Å². The zero-order valence-electron chi connectivity index (χ0n) is 13.0. The molecule has 0 aromatic heterocycles. The number of carbonyl (C=O) groups is 1. The standard InChI is InChI=1S/C15H16F2N2O4S.ClH/c16-12-5-10(19-8-11(7-18)23-15(19)20)6-13(17)14(12)9-1-3-24(21,22)4-2-9;/h1,3,5-6,9,11H,2,4,7-8,18H2;1H/t9?,11-;/m0./s1. The van der Waals surface area contributed by atoms with Crippen LogP contribution in [0.2, 0.25) is 0 Å². The van der Waals surface area contributed by atoms with Gasteiger partial charge in [0.25, 0.3) is 0 Å². The zero-order valence-corrected chi connectivity index (χ0v) is 14.7. The molecule has 3 rings (SSSR count). The van der Waals surface area contributed by atoms with Crippen molar-refractivity contribution in [3.8, 4) is 0 Å². The average Bonchev–Trinajstić information content (AvgIpc) is 2.89. The van der Waals surface area contributed by atoms with E-state index in [0.717, 1.165) is 22.4 Å². The highest BCUT2D eigenvalue weighted by molar-refractivity contribution is 7.94. The van der Waals surface area contributed by atoms with Crippen molar-refractivity contribution in [2.45, 2.75) is 18.4 Å². The predicted octanol–water partition coefficient (Wildman–Crippen LogP) is 2.09. The highest BCUT2D eigenvalue weighted by Crippen LogP contribution is 2.34. The van der Waals surface area contributed by atoms with Gasteiger partial charge in [-0.1, -0.05) is 6.08 Å². The van der Waals surface area contributed by atoms with Gasteiger partial charge in [0.1, 0.15) is 17.7 Å². The minimum Gasteiger partial charge on any atom is -0.443 e. The largest absolute Gasteiger partial charge is 0.443 e. The van der Waals surface area contributed by atoms with Crippen molar-refractivity contribution in [1.82, 2.24) is 0 Å². The molecule has 1 aromatic rings. The number of nitrogens with zero attached hydrogens (tertiary/aromatic N) is 1. The number of anilines is 1. The van der Waals surface area contributed by atoms with E-state index in [9.17, 15) is 22.0 Å². The molecular weight excluding hydrogens is 378 g/mol. The Bertz CT molecular complexity index is 793. The fourth-order valence-electron chi connectivity index (χ4n) is 2.85. The summed E-state index contributed by atoms with van der Waals surface area (Å²) in [6, 6.07) is 2.10.